The van der Waals surface area contributed by atoms with Crippen molar-refractivity contribution in [1.29, 1.82) is 0 Å². The Labute approximate surface area is 77.2 Å². The monoisotopic (exact) mass is 274 g/mol. The summed E-state index contributed by atoms with van der Waals surface area (Å²) in [5.74, 6) is 0. The molecular formula is AgCuFeTi. The van der Waals surface area contributed by atoms with Crippen LogP contribution in [0.2, 0.25) is 0 Å². The van der Waals surface area contributed by atoms with E-state index in [1.807, 2.05) is 0 Å². The van der Waals surface area contributed by atoms with Crippen LogP contribution in [0.25, 0.3) is 0 Å². The molecule has 2 radical (unpaired) electrons. The van der Waals surface area contributed by atoms with Crippen molar-refractivity contribution in [3.63, 3.8) is 0 Å². The van der Waals surface area contributed by atoms with Crippen LogP contribution in [0.5, 0.6) is 0 Å². The molecule has 0 aromatic rings. The Bertz CT molecular complexity index is 8.00. The fourth-order valence-electron chi connectivity index (χ4n) is 0. The minimum Gasteiger partial charge on any atom is 0 e. The first-order chi connectivity index (χ1) is 0. The van der Waals surface area contributed by atoms with Gasteiger partial charge in [0, 0.05) is 78.2 Å². The average Bonchev–Trinajstić information content (AvgIpc) is 0. The number of hydrogen-bond acceptors (Lipinski definition) is 0. The van der Waals surface area contributed by atoms with Gasteiger partial charge in [-0.25, -0.2) is 0 Å². The zero-order valence-electron chi connectivity index (χ0n) is 1.46. The molecule has 0 aliphatic heterocycles. The molecule has 0 aliphatic rings. The van der Waals surface area contributed by atoms with Crippen LogP contribution in [-0.2, 0) is 78.2 Å². The second-order valence-corrected chi connectivity index (χ2v) is 0. The van der Waals surface area contributed by atoms with Gasteiger partial charge in [0.1, 0.15) is 0 Å². The quantitative estimate of drug-likeness (QED) is 0.546. The molecule has 0 heterocycles. The van der Waals surface area contributed by atoms with Gasteiger partial charge in [-0.2, -0.15) is 0 Å². The number of hydrogen-bond donors (Lipinski definition) is 0. The van der Waals surface area contributed by atoms with Crippen LogP contribution < -0.4 is 0 Å². The Balaban J connectivity index is 0. The van der Waals surface area contributed by atoms with E-state index in [0.717, 1.165) is 0 Å². The summed E-state index contributed by atoms with van der Waals surface area (Å²) >= 11 is 0. The fraction of sp³-hybridized carbons (Fsp3) is 0. The normalized spacial score (nSPS) is 0. The average molecular weight is 275 g/mol. The van der Waals surface area contributed by atoms with E-state index in [2.05, 4.69) is 0 Å². The zero-order chi connectivity index (χ0) is 0. The summed E-state index contributed by atoms with van der Waals surface area (Å²) in [5.41, 5.74) is 0. The van der Waals surface area contributed by atoms with Crippen molar-refractivity contribution in [2.75, 3.05) is 0 Å². The minimum absolute atomic E-state index is 0. The molecular weight excluding hydrogens is 275 g/mol. The van der Waals surface area contributed by atoms with Gasteiger partial charge < -0.3 is 0 Å². The first-order valence-electron chi connectivity index (χ1n) is 0. The van der Waals surface area contributed by atoms with Crippen LogP contribution in [0, 0.1) is 0 Å². The van der Waals surface area contributed by atoms with Gasteiger partial charge in [-0.05, 0) is 0 Å². The second-order valence-electron chi connectivity index (χ2n) is 0. The van der Waals surface area contributed by atoms with Crippen molar-refractivity contribution in [2.45, 2.75) is 0 Å². The fourth-order valence-corrected chi connectivity index (χ4v) is 0. The van der Waals surface area contributed by atoms with E-state index < -0.39 is 0 Å². The molecule has 0 bridgehead atoms. The van der Waals surface area contributed by atoms with Gasteiger partial charge in [0.25, 0.3) is 0 Å². The summed E-state index contributed by atoms with van der Waals surface area (Å²) in [5, 5.41) is 0. The summed E-state index contributed by atoms with van der Waals surface area (Å²) in [6.07, 6.45) is 0. The molecule has 4 heavy (non-hydrogen) atoms. The van der Waals surface area contributed by atoms with E-state index in [9.17, 15) is 0 Å². The van der Waals surface area contributed by atoms with Crippen LogP contribution in [0.1, 0.15) is 0 Å². The molecule has 0 rings (SSSR count). The topological polar surface area (TPSA) is 0 Å². The van der Waals surface area contributed by atoms with Crippen LogP contribution >= 0.6 is 0 Å². The van der Waals surface area contributed by atoms with Gasteiger partial charge >= 0.3 is 0 Å². The van der Waals surface area contributed by atoms with Crippen molar-refractivity contribution in [3.8, 4) is 0 Å². The van der Waals surface area contributed by atoms with Crippen molar-refractivity contribution >= 4 is 0 Å². The van der Waals surface area contributed by atoms with E-state index in [1.54, 1.807) is 0 Å². The molecule has 0 atom stereocenters. The van der Waals surface area contributed by atoms with Crippen molar-refractivity contribution in [3.05, 3.63) is 0 Å². The van der Waals surface area contributed by atoms with Gasteiger partial charge in [-0.1, -0.05) is 0 Å². The van der Waals surface area contributed by atoms with Gasteiger partial charge in [0.05, 0.1) is 0 Å². The van der Waals surface area contributed by atoms with E-state index in [0.29, 0.717) is 0 Å². The molecule has 0 aliphatic carbocycles. The predicted octanol–water partition coefficient (Wildman–Crippen LogP) is -0.0100. The maximum atomic E-state index is 0. The van der Waals surface area contributed by atoms with Crippen molar-refractivity contribution < 1.29 is 78.2 Å². The Hall–Kier alpha value is 2.49. The van der Waals surface area contributed by atoms with Crippen LogP contribution in [0.3, 0.4) is 0 Å². The summed E-state index contributed by atoms with van der Waals surface area (Å²) in [4.78, 5) is 0. The smallest absolute Gasteiger partial charge is 0 e. The molecule has 34 valence electrons. The third-order valence-corrected chi connectivity index (χ3v) is 0. The third-order valence-electron chi connectivity index (χ3n) is 0. The standard InChI is InChI=1S/Ag.Cu.Fe.Ti. The van der Waals surface area contributed by atoms with E-state index >= 15 is 0 Å². The Morgan fingerprint density at radius 2 is 1.00 bits per heavy atom. The predicted molar refractivity (Wildman–Crippen MR) is 0 cm³/mol. The SMILES string of the molecule is [Ag].[Cu].[Fe].[Ti]. The summed E-state index contributed by atoms with van der Waals surface area (Å²) < 4.78 is 0. The van der Waals surface area contributed by atoms with Gasteiger partial charge in [-0.15, -0.1) is 0 Å². The Kier molecular flexibility index (Phi) is 141. The molecule has 0 saturated heterocycles. The summed E-state index contributed by atoms with van der Waals surface area (Å²) in [6.45, 7) is 0. The molecule has 0 unspecified atom stereocenters. The molecule has 0 fully saturated rings. The number of rotatable bonds is 0. The van der Waals surface area contributed by atoms with Crippen LogP contribution in [0.4, 0.5) is 0 Å². The van der Waals surface area contributed by atoms with E-state index in [-0.39, 0.29) is 78.2 Å². The van der Waals surface area contributed by atoms with Crippen molar-refractivity contribution in [2.24, 2.45) is 0 Å². The van der Waals surface area contributed by atoms with Gasteiger partial charge in [0.2, 0.25) is 0 Å². The summed E-state index contributed by atoms with van der Waals surface area (Å²) in [6, 6.07) is 0. The maximum Gasteiger partial charge on any atom is 0 e. The van der Waals surface area contributed by atoms with Crippen molar-refractivity contribution in [1.82, 2.24) is 0 Å². The molecule has 0 aromatic heterocycles. The second kappa shape index (κ2) is 17.8. The van der Waals surface area contributed by atoms with E-state index in [4.69, 9.17) is 0 Å². The zero-order valence-corrected chi connectivity index (χ0v) is 6.55. The molecule has 0 amide bonds. The third kappa shape index (κ3) is 8.82. The first kappa shape index (κ1) is 31.5. The Morgan fingerprint density at radius 1 is 1.00 bits per heavy atom. The van der Waals surface area contributed by atoms with Crippen LogP contribution in [0.15, 0.2) is 0 Å². The van der Waals surface area contributed by atoms with Gasteiger partial charge in [-0.3, -0.25) is 0 Å². The summed E-state index contributed by atoms with van der Waals surface area (Å²) in [7, 11) is 0. The minimum atomic E-state index is 0. The molecule has 0 spiro atoms. The largest absolute Gasteiger partial charge is 0 e. The van der Waals surface area contributed by atoms with Crippen LogP contribution in [-0.4, -0.2) is 0 Å². The molecule has 0 nitrogen and oxygen atoms in total. The Morgan fingerprint density at radius 3 is 1.00 bits per heavy atom. The molecule has 0 aromatic carbocycles. The first-order valence-corrected chi connectivity index (χ1v) is 0. The molecule has 0 N–H and O–H groups in total. The molecule has 4 heteroatoms. The molecule has 0 saturated carbocycles. The maximum absolute atomic E-state index is 0. The van der Waals surface area contributed by atoms with Gasteiger partial charge in [0.15, 0.2) is 0 Å². The van der Waals surface area contributed by atoms with E-state index in [1.165, 1.54) is 0 Å².